The molecule has 1 aromatic rings. The lowest BCUT2D eigenvalue weighted by Gasteiger charge is -2.24. The predicted molar refractivity (Wildman–Crippen MR) is 77.2 cm³/mol. The number of carbonyl (C=O) groups is 1. The molecule has 1 aromatic heterocycles. The van der Waals surface area contributed by atoms with E-state index in [1.165, 1.54) is 0 Å². The van der Waals surface area contributed by atoms with Crippen molar-refractivity contribution in [1.82, 2.24) is 15.1 Å². The van der Waals surface area contributed by atoms with Crippen LogP contribution in [-0.4, -0.2) is 40.1 Å². The van der Waals surface area contributed by atoms with E-state index < -0.39 is 6.04 Å². The molecule has 108 valence electrons. The molecule has 1 heterocycles. The van der Waals surface area contributed by atoms with Crippen molar-refractivity contribution in [1.29, 1.82) is 5.26 Å². The number of hydrogen-bond acceptors (Lipinski definition) is 5. The fourth-order valence-electron chi connectivity index (χ4n) is 1.92. The van der Waals surface area contributed by atoms with E-state index in [0.717, 1.165) is 11.3 Å². The summed E-state index contributed by atoms with van der Waals surface area (Å²) >= 11 is 0. The van der Waals surface area contributed by atoms with Gasteiger partial charge < -0.3 is 10.2 Å². The molecule has 6 nitrogen and oxygen atoms in total. The Hall–Kier alpha value is -2.16. The minimum Gasteiger partial charge on any atom is -0.356 e. The number of nitriles is 1. The largest absolute Gasteiger partial charge is 0.356 e. The number of hydrogen-bond donors (Lipinski definition) is 1. The van der Waals surface area contributed by atoms with Gasteiger partial charge in [-0.05, 0) is 40.2 Å². The fourth-order valence-corrected chi connectivity index (χ4v) is 1.92. The van der Waals surface area contributed by atoms with Crippen LogP contribution in [0.15, 0.2) is 0 Å². The highest BCUT2D eigenvalue weighted by Gasteiger charge is 2.20. The summed E-state index contributed by atoms with van der Waals surface area (Å²) in [6.45, 7) is 10.6. The molecular formula is C14H21N5O. The number of nitrogens with zero attached hydrogens (tertiary/aromatic N) is 4. The maximum atomic E-state index is 12.2. The molecule has 0 saturated heterocycles. The molecule has 0 spiro atoms. The summed E-state index contributed by atoms with van der Waals surface area (Å²) < 4.78 is 0. The van der Waals surface area contributed by atoms with Crippen LogP contribution in [0.2, 0.25) is 0 Å². The Bertz CT molecular complexity index is 531. The lowest BCUT2D eigenvalue weighted by atomic mass is 10.1. The van der Waals surface area contributed by atoms with E-state index >= 15 is 0 Å². The molecule has 1 N–H and O–H groups in total. The van der Waals surface area contributed by atoms with E-state index in [4.69, 9.17) is 0 Å². The number of rotatable bonds is 5. The SMILES string of the molecule is CCN(CC)C(=O)C(C)Nc1nnc(C)c(C)c1C#N. The Labute approximate surface area is 119 Å². The molecule has 0 aliphatic rings. The average molecular weight is 275 g/mol. The number of amides is 1. The van der Waals surface area contributed by atoms with E-state index in [0.29, 0.717) is 24.5 Å². The molecule has 0 aliphatic carbocycles. The highest BCUT2D eigenvalue weighted by molar-refractivity contribution is 5.84. The van der Waals surface area contributed by atoms with Crippen molar-refractivity contribution in [2.45, 2.75) is 40.7 Å². The third-order valence-corrected chi connectivity index (χ3v) is 3.37. The van der Waals surface area contributed by atoms with Crippen molar-refractivity contribution in [2.75, 3.05) is 18.4 Å². The van der Waals surface area contributed by atoms with E-state index in [2.05, 4.69) is 21.6 Å². The van der Waals surface area contributed by atoms with Gasteiger partial charge in [0.25, 0.3) is 0 Å². The standard InChI is InChI=1S/C14H21N5O/c1-6-19(7-2)14(20)11(5)16-13-12(8-15)9(3)10(4)17-18-13/h11H,6-7H2,1-5H3,(H,16,18). The van der Waals surface area contributed by atoms with Gasteiger partial charge in [-0.2, -0.15) is 10.4 Å². The maximum Gasteiger partial charge on any atom is 0.244 e. The Morgan fingerprint density at radius 3 is 2.45 bits per heavy atom. The summed E-state index contributed by atoms with van der Waals surface area (Å²) in [7, 11) is 0. The summed E-state index contributed by atoms with van der Waals surface area (Å²) in [5.41, 5.74) is 1.94. The zero-order chi connectivity index (χ0) is 15.3. The van der Waals surface area contributed by atoms with Gasteiger partial charge in [-0.1, -0.05) is 0 Å². The Morgan fingerprint density at radius 2 is 1.95 bits per heavy atom. The van der Waals surface area contributed by atoms with Crippen molar-refractivity contribution < 1.29 is 4.79 Å². The third kappa shape index (κ3) is 3.23. The highest BCUT2D eigenvalue weighted by Crippen LogP contribution is 2.18. The van der Waals surface area contributed by atoms with Gasteiger partial charge in [-0.3, -0.25) is 4.79 Å². The van der Waals surface area contributed by atoms with Gasteiger partial charge in [0.1, 0.15) is 17.7 Å². The molecule has 0 aromatic carbocycles. The van der Waals surface area contributed by atoms with Gasteiger partial charge in [-0.25, -0.2) is 0 Å². The second-order valence-electron chi connectivity index (χ2n) is 4.62. The number of carbonyl (C=O) groups excluding carboxylic acids is 1. The first kappa shape index (κ1) is 15.9. The topological polar surface area (TPSA) is 81.9 Å². The first-order chi connectivity index (χ1) is 9.46. The number of anilines is 1. The molecule has 20 heavy (non-hydrogen) atoms. The second kappa shape index (κ2) is 6.85. The molecule has 0 bridgehead atoms. The average Bonchev–Trinajstić information content (AvgIpc) is 2.44. The summed E-state index contributed by atoms with van der Waals surface area (Å²) in [6, 6.07) is 1.67. The van der Waals surface area contributed by atoms with Crippen LogP contribution in [0.3, 0.4) is 0 Å². The molecule has 0 aliphatic heterocycles. The van der Waals surface area contributed by atoms with Crippen LogP contribution in [0, 0.1) is 25.2 Å². The van der Waals surface area contributed by atoms with E-state index in [1.807, 2.05) is 20.8 Å². The Balaban J connectivity index is 2.97. The van der Waals surface area contributed by atoms with Crippen LogP contribution < -0.4 is 5.32 Å². The van der Waals surface area contributed by atoms with Crippen molar-refractivity contribution in [3.05, 3.63) is 16.8 Å². The molecule has 0 fully saturated rings. The van der Waals surface area contributed by atoms with Crippen molar-refractivity contribution in [3.63, 3.8) is 0 Å². The van der Waals surface area contributed by atoms with Crippen LogP contribution in [0.5, 0.6) is 0 Å². The number of nitrogens with one attached hydrogen (secondary N) is 1. The predicted octanol–water partition coefficient (Wildman–Crippen LogP) is 1.63. The Morgan fingerprint density at radius 1 is 1.35 bits per heavy atom. The highest BCUT2D eigenvalue weighted by atomic mass is 16.2. The van der Waals surface area contributed by atoms with Gasteiger partial charge in [0.05, 0.1) is 5.69 Å². The minimum absolute atomic E-state index is 0.0149. The second-order valence-corrected chi connectivity index (χ2v) is 4.62. The maximum absolute atomic E-state index is 12.2. The van der Waals surface area contributed by atoms with Crippen LogP contribution in [0.1, 0.15) is 37.6 Å². The summed E-state index contributed by atoms with van der Waals surface area (Å²) in [6.07, 6.45) is 0. The molecule has 1 unspecified atom stereocenters. The zero-order valence-electron chi connectivity index (χ0n) is 12.7. The monoisotopic (exact) mass is 275 g/mol. The zero-order valence-corrected chi connectivity index (χ0v) is 12.7. The molecule has 0 radical (unpaired) electrons. The Kier molecular flexibility index (Phi) is 5.44. The number of likely N-dealkylation sites (N-methyl/N-ethyl adjacent to an activating group) is 1. The van der Waals surface area contributed by atoms with Crippen LogP contribution in [0.4, 0.5) is 5.82 Å². The minimum atomic E-state index is -0.446. The molecule has 6 heteroatoms. The molecule has 1 amide bonds. The molecule has 1 rings (SSSR count). The lowest BCUT2D eigenvalue weighted by molar-refractivity contribution is -0.131. The first-order valence-corrected chi connectivity index (χ1v) is 6.75. The quantitative estimate of drug-likeness (QED) is 0.883. The summed E-state index contributed by atoms with van der Waals surface area (Å²) in [5, 5.41) is 20.2. The molecule has 1 atom stereocenters. The van der Waals surface area contributed by atoms with Gasteiger partial charge in [0, 0.05) is 13.1 Å². The molecule has 0 saturated carbocycles. The van der Waals surface area contributed by atoms with Gasteiger partial charge in [-0.15, -0.1) is 5.10 Å². The first-order valence-electron chi connectivity index (χ1n) is 6.75. The van der Waals surface area contributed by atoms with E-state index in [-0.39, 0.29) is 5.91 Å². The van der Waals surface area contributed by atoms with Crippen LogP contribution >= 0.6 is 0 Å². The van der Waals surface area contributed by atoms with Crippen LogP contribution in [-0.2, 0) is 4.79 Å². The number of aromatic nitrogens is 2. The van der Waals surface area contributed by atoms with Crippen LogP contribution in [0.25, 0.3) is 0 Å². The normalized spacial score (nSPS) is 11.6. The van der Waals surface area contributed by atoms with Crippen molar-refractivity contribution in [3.8, 4) is 6.07 Å². The summed E-state index contributed by atoms with van der Waals surface area (Å²) in [5.74, 6) is 0.350. The van der Waals surface area contributed by atoms with Gasteiger partial charge >= 0.3 is 0 Å². The summed E-state index contributed by atoms with van der Waals surface area (Å²) in [4.78, 5) is 13.9. The number of aryl methyl sites for hydroxylation is 1. The third-order valence-electron chi connectivity index (χ3n) is 3.37. The lowest BCUT2D eigenvalue weighted by Crippen LogP contribution is -2.41. The van der Waals surface area contributed by atoms with Crippen molar-refractivity contribution >= 4 is 11.7 Å². The smallest absolute Gasteiger partial charge is 0.244 e. The van der Waals surface area contributed by atoms with Crippen molar-refractivity contribution in [2.24, 2.45) is 0 Å². The molecular weight excluding hydrogens is 254 g/mol. The van der Waals surface area contributed by atoms with Gasteiger partial charge in [0.15, 0.2) is 5.82 Å². The van der Waals surface area contributed by atoms with Gasteiger partial charge in [0.2, 0.25) is 5.91 Å². The van der Waals surface area contributed by atoms with E-state index in [1.54, 1.807) is 18.7 Å². The van der Waals surface area contributed by atoms with E-state index in [9.17, 15) is 10.1 Å². The fraction of sp³-hybridized carbons (Fsp3) is 0.571.